The first-order valence-electron chi connectivity index (χ1n) is 19.5. The smallest absolute Gasteiger partial charge is 0.0476 e. The second-order valence-electron chi connectivity index (χ2n) is 16.2. The fraction of sp³-hybridized carbons (Fsp3) is 0.0943. The van der Waals surface area contributed by atoms with Crippen molar-refractivity contribution in [3.05, 3.63) is 198 Å². The van der Waals surface area contributed by atoms with Gasteiger partial charge in [-0.05, 0) is 106 Å². The van der Waals surface area contributed by atoms with Gasteiger partial charge in [0.25, 0.3) is 0 Å². The lowest BCUT2D eigenvalue weighted by atomic mass is 9.73. The molecule has 0 N–H and O–H groups in total. The van der Waals surface area contributed by atoms with Gasteiger partial charge in [-0.15, -0.1) is 22.7 Å². The molecule has 8 aromatic carbocycles. The van der Waals surface area contributed by atoms with E-state index in [4.69, 9.17) is 0 Å². The van der Waals surface area contributed by atoms with Crippen LogP contribution in [0.25, 0.3) is 62.6 Å². The van der Waals surface area contributed by atoms with Crippen molar-refractivity contribution in [2.75, 3.05) is 4.90 Å². The monoisotopic (exact) mass is 751 g/mol. The van der Waals surface area contributed by atoms with Gasteiger partial charge in [0.1, 0.15) is 0 Å². The van der Waals surface area contributed by atoms with Gasteiger partial charge in [0.05, 0.1) is 0 Å². The summed E-state index contributed by atoms with van der Waals surface area (Å²) in [6.45, 7) is 7.18. The van der Waals surface area contributed by atoms with Crippen LogP contribution in [0, 0.1) is 0 Å². The zero-order valence-corrected chi connectivity index (χ0v) is 33.1. The van der Waals surface area contributed by atoms with Crippen LogP contribution in [0.4, 0.5) is 17.1 Å². The van der Waals surface area contributed by atoms with Gasteiger partial charge in [0, 0.05) is 68.2 Å². The van der Waals surface area contributed by atoms with Crippen molar-refractivity contribution >= 4 is 80.1 Å². The molecule has 2 aromatic heterocycles. The molecule has 0 unspecified atom stereocenters. The Hall–Kier alpha value is -6.00. The van der Waals surface area contributed by atoms with E-state index < -0.39 is 0 Å². The maximum Gasteiger partial charge on any atom is 0.0476 e. The van der Waals surface area contributed by atoms with Crippen LogP contribution in [-0.2, 0) is 10.8 Å². The zero-order valence-electron chi connectivity index (χ0n) is 31.4. The fourth-order valence-electron chi connectivity index (χ4n) is 10.2. The molecule has 0 saturated heterocycles. The Balaban J connectivity index is 1.07. The number of hydrogen-bond acceptors (Lipinski definition) is 3. The van der Waals surface area contributed by atoms with Crippen LogP contribution >= 0.6 is 22.7 Å². The van der Waals surface area contributed by atoms with Crippen LogP contribution in [0.2, 0.25) is 0 Å². The van der Waals surface area contributed by atoms with Crippen molar-refractivity contribution < 1.29 is 0 Å². The Labute approximate surface area is 334 Å². The Morgan fingerprint density at radius 1 is 0.357 bits per heavy atom. The second-order valence-corrected chi connectivity index (χ2v) is 18.4. The average Bonchev–Trinajstić information content (AvgIpc) is 3.94. The summed E-state index contributed by atoms with van der Waals surface area (Å²) in [6.07, 6.45) is 0. The van der Waals surface area contributed by atoms with Crippen LogP contribution in [0.5, 0.6) is 0 Å². The standard InChI is InChI=1S/C53H37NS2/c1-52(2)42-17-8-4-13-35(42)38-26-23-32(29-46(38)52)54(33-24-27-40-39-16-7-11-21-47(39)55-49(40)30-33)34-25-28-41-50(31-34)56-48-22-12-20-45(51(41)48)53(3)43-18-9-5-14-36(43)37-15-6-10-19-44(37)53/h4-31H,1-3H3. The average molecular weight is 752 g/mol. The molecule has 0 aliphatic heterocycles. The van der Waals surface area contributed by atoms with Gasteiger partial charge in [-0.25, -0.2) is 0 Å². The van der Waals surface area contributed by atoms with E-state index in [1.807, 2.05) is 22.7 Å². The summed E-state index contributed by atoms with van der Waals surface area (Å²) in [5, 5.41) is 5.32. The molecule has 0 fully saturated rings. The van der Waals surface area contributed by atoms with Crippen molar-refractivity contribution in [1.29, 1.82) is 0 Å². The molecule has 10 aromatic rings. The Morgan fingerprint density at radius 3 is 1.57 bits per heavy atom. The van der Waals surface area contributed by atoms with E-state index >= 15 is 0 Å². The first-order chi connectivity index (χ1) is 27.4. The number of hydrogen-bond donors (Lipinski definition) is 0. The molecule has 0 spiro atoms. The molecule has 2 aliphatic rings. The SMILES string of the molecule is CC1(C)c2ccccc2-c2ccc(N(c3ccc4c(c3)sc3ccccc34)c3ccc4c(c3)sc3cccc(C5(C)c6ccccc6-c6ccccc65)c34)cc21. The lowest BCUT2D eigenvalue weighted by molar-refractivity contribution is 0.660. The van der Waals surface area contributed by atoms with Gasteiger partial charge in [0.2, 0.25) is 0 Å². The van der Waals surface area contributed by atoms with E-state index in [2.05, 4.69) is 196 Å². The molecule has 2 heterocycles. The molecule has 3 heteroatoms. The van der Waals surface area contributed by atoms with Crippen LogP contribution in [0.15, 0.2) is 170 Å². The summed E-state index contributed by atoms with van der Waals surface area (Å²) < 4.78 is 5.26. The highest BCUT2D eigenvalue weighted by atomic mass is 32.1. The van der Waals surface area contributed by atoms with Crippen molar-refractivity contribution in [1.82, 2.24) is 0 Å². The zero-order chi connectivity index (χ0) is 37.3. The molecular formula is C53H37NS2. The maximum absolute atomic E-state index is 2.48. The first-order valence-corrected chi connectivity index (χ1v) is 21.1. The van der Waals surface area contributed by atoms with E-state index in [9.17, 15) is 0 Å². The first kappa shape index (κ1) is 32.3. The summed E-state index contributed by atoms with van der Waals surface area (Å²) in [6, 6.07) is 64.0. The van der Waals surface area contributed by atoms with Crippen LogP contribution in [0.3, 0.4) is 0 Å². The number of anilines is 3. The molecule has 0 bridgehead atoms. The summed E-state index contributed by atoms with van der Waals surface area (Å²) in [5.41, 5.74) is 15.4. The van der Waals surface area contributed by atoms with E-state index in [0.717, 1.165) is 0 Å². The van der Waals surface area contributed by atoms with Gasteiger partial charge in [-0.3, -0.25) is 0 Å². The normalized spacial score (nSPS) is 14.6. The molecule has 56 heavy (non-hydrogen) atoms. The maximum atomic E-state index is 2.48. The Bertz CT molecular complexity index is 3220. The molecule has 0 saturated carbocycles. The lowest BCUT2D eigenvalue weighted by Crippen LogP contribution is -2.22. The molecule has 12 rings (SSSR count). The number of nitrogens with zero attached hydrogens (tertiary/aromatic N) is 1. The van der Waals surface area contributed by atoms with E-state index in [1.165, 1.54) is 107 Å². The van der Waals surface area contributed by atoms with E-state index in [0.29, 0.717) is 0 Å². The predicted octanol–water partition coefficient (Wildman–Crippen LogP) is 15.5. The molecule has 266 valence electrons. The molecular weight excluding hydrogens is 715 g/mol. The van der Waals surface area contributed by atoms with Crippen molar-refractivity contribution in [3.8, 4) is 22.3 Å². The Kier molecular flexibility index (Phi) is 6.64. The fourth-order valence-corrected chi connectivity index (χ4v) is 12.6. The van der Waals surface area contributed by atoms with Gasteiger partial charge in [0.15, 0.2) is 0 Å². The topological polar surface area (TPSA) is 3.24 Å². The second kappa shape index (κ2) is 11.5. The predicted molar refractivity (Wildman–Crippen MR) is 242 cm³/mol. The lowest BCUT2D eigenvalue weighted by Gasteiger charge is -2.29. The van der Waals surface area contributed by atoms with Gasteiger partial charge in [-0.2, -0.15) is 0 Å². The van der Waals surface area contributed by atoms with Gasteiger partial charge < -0.3 is 4.90 Å². The Morgan fingerprint density at radius 2 is 0.839 bits per heavy atom. The highest BCUT2D eigenvalue weighted by Crippen LogP contribution is 2.56. The van der Waals surface area contributed by atoms with Crippen LogP contribution < -0.4 is 4.90 Å². The number of benzene rings is 8. The molecule has 0 amide bonds. The number of thiophene rings is 2. The van der Waals surface area contributed by atoms with Gasteiger partial charge >= 0.3 is 0 Å². The van der Waals surface area contributed by atoms with E-state index in [1.54, 1.807) is 0 Å². The van der Waals surface area contributed by atoms with Gasteiger partial charge in [-0.1, -0.05) is 135 Å². The number of fused-ring (bicyclic) bond motifs is 12. The van der Waals surface area contributed by atoms with Crippen LogP contribution in [0.1, 0.15) is 48.6 Å². The van der Waals surface area contributed by atoms with Crippen molar-refractivity contribution in [2.45, 2.75) is 31.6 Å². The minimum Gasteiger partial charge on any atom is -0.310 e. The quantitative estimate of drug-likeness (QED) is 0.173. The third kappa shape index (κ3) is 4.30. The molecule has 0 atom stereocenters. The summed E-state index contributed by atoms with van der Waals surface area (Å²) in [7, 11) is 0. The van der Waals surface area contributed by atoms with Crippen molar-refractivity contribution in [3.63, 3.8) is 0 Å². The minimum absolute atomic E-state index is 0.0948. The third-order valence-corrected chi connectivity index (χ3v) is 15.2. The molecule has 1 nitrogen and oxygen atoms in total. The van der Waals surface area contributed by atoms with E-state index in [-0.39, 0.29) is 10.8 Å². The highest BCUT2D eigenvalue weighted by molar-refractivity contribution is 7.26. The number of rotatable bonds is 4. The minimum atomic E-state index is -0.264. The largest absolute Gasteiger partial charge is 0.310 e. The third-order valence-electron chi connectivity index (χ3n) is 12.9. The van der Waals surface area contributed by atoms with Crippen LogP contribution in [-0.4, -0.2) is 0 Å². The summed E-state index contributed by atoms with van der Waals surface area (Å²) >= 11 is 3.79. The van der Waals surface area contributed by atoms with Crippen molar-refractivity contribution in [2.24, 2.45) is 0 Å². The molecule has 0 radical (unpaired) electrons. The summed E-state index contributed by atoms with van der Waals surface area (Å²) in [5.74, 6) is 0. The highest BCUT2D eigenvalue weighted by Gasteiger charge is 2.42. The molecule has 2 aliphatic carbocycles. The summed E-state index contributed by atoms with van der Waals surface area (Å²) in [4.78, 5) is 2.48.